The van der Waals surface area contributed by atoms with Gasteiger partial charge in [0, 0.05) is 19.0 Å². The van der Waals surface area contributed by atoms with Crippen LogP contribution in [0.25, 0.3) is 0 Å². The molecule has 0 radical (unpaired) electrons. The third kappa shape index (κ3) is 2.52. The summed E-state index contributed by atoms with van der Waals surface area (Å²) >= 11 is 0. The Morgan fingerprint density at radius 2 is 2.19 bits per heavy atom. The molecule has 0 bridgehead atoms. The summed E-state index contributed by atoms with van der Waals surface area (Å²) in [6.45, 7) is -0.173. The highest BCUT2D eigenvalue weighted by atomic mass is 19.4. The Hall–Kier alpha value is -1.57. The van der Waals surface area contributed by atoms with Gasteiger partial charge in [0.15, 0.2) is 0 Å². The van der Waals surface area contributed by atoms with E-state index in [1.165, 1.54) is 7.05 Å². The maximum atomic E-state index is 12.8. The molecule has 1 amide bonds. The van der Waals surface area contributed by atoms with E-state index in [1.54, 1.807) is 0 Å². The van der Waals surface area contributed by atoms with Crippen LogP contribution in [-0.4, -0.2) is 21.7 Å². The molecule has 8 heteroatoms. The van der Waals surface area contributed by atoms with Crippen molar-refractivity contribution in [1.82, 2.24) is 15.1 Å². The largest absolute Gasteiger partial charge is 0.419 e. The van der Waals surface area contributed by atoms with Gasteiger partial charge in [0.1, 0.15) is 0 Å². The van der Waals surface area contributed by atoms with Crippen molar-refractivity contribution < 1.29 is 18.0 Å². The van der Waals surface area contributed by atoms with Crippen LogP contribution in [0.5, 0.6) is 0 Å². The number of nitrogens with zero attached hydrogens (tertiary/aromatic N) is 2. The summed E-state index contributed by atoms with van der Waals surface area (Å²) in [4.78, 5) is 12.1. The van der Waals surface area contributed by atoms with Gasteiger partial charge in [-0.3, -0.25) is 9.48 Å². The molecule has 3 rings (SSSR count). The van der Waals surface area contributed by atoms with Gasteiger partial charge in [-0.1, -0.05) is 0 Å². The number of carbonyl (C=O) groups excluding carboxylic acids is 1. The number of aryl methyl sites for hydroxylation is 1. The predicted octanol–water partition coefficient (Wildman–Crippen LogP) is 1.04. The van der Waals surface area contributed by atoms with E-state index in [-0.39, 0.29) is 30.1 Å². The third-order valence-corrected chi connectivity index (χ3v) is 4.62. The van der Waals surface area contributed by atoms with Crippen molar-refractivity contribution in [3.8, 4) is 0 Å². The van der Waals surface area contributed by atoms with Gasteiger partial charge in [-0.2, -0.15) is 18.3 Å². The average Bonchev–Trinajstić information content (AvgIpc) is 2.99. The second kappa shape index (κ2) is 4.72. The van der Waals surface area contributed by atoms with Crippen molar-refractivity contribution in [2.45, 2.75) is 31.6 Å². The lowest BCUT2D eigenvalue weighted by atomic mass is 10.0. The van der Waals surface area contributed by atoms with Gasteiger partial charge in [-0.15, -0.1) is 0 Å². The molecule has 5 nitrogen and oxygen atoms in total. The molecule has 0 spiro atoms. The first-order valence-electron chi connectivity index (χ1n) is 6.90. The standard InChI is InChI=1S/C13H17F3N4O/c1-20-11(9(4-19-20)13(14,15)16)5-18-12(21)8-3-10(17)7-2-6(7)8/h4,6-8,10H,2-3,5,17H2,1H3,(H,18,21)/t6-,7+,8-,10+/m1/s1. The summed E-state index contributed by atoms with van der Waals surface area (Å²) in [5, 5.41) is 6.22. The van der Waals surface area contributed by atoms with Crippen LogP contribution in [0.4, 0.5) is 13.2 Å². The summed E-state index contributed by atoms with van der Waals surface area (Å²) in [7, 11) is 1.43. The van der Waals surface area contributed by atoms with Gasteiger partial charge in [0.05, 0.1) is 24.0 Å². The average molecular weight is 302 g/mol. The Kier molecular flexibility index (Phi) is 3.23. The van der Waals surface area contributed by atoms with E-state index >= 15 is 0 Å². The zero-order valence-corrected chi connectivity index (χ0v) is 11.5. The number of rotatable bonds is 3. The van der Waals surface area contributed by atoms with Crippen molar-refractivity contribution in [3.63, 3.8) is 0 Å². The summed E-state index contributed by atoms with van der Waals surface area (Å²) in [5.41, 5.74) is 5.06. The topological polar surface area (TPSA) is 72.9 Å². The van der Waals surface area contributed by atoms with E-state index < -0.39 is 11.7 Å². The number of halogens is 3. The van der Waals surface area contributed by atoms with Crippen LogP contribution >= 0.6 is 0 Å². The van der Waals surface area contributed by atoms with E-state index in [2.05, 4.69) is 10.4 Å². The Morgan fingerprint density at radius 1 is 1.48 bits per heavy atom. The lowest BCUT2D eigenvalue weighted by Crippen LogP contribution is -2.33. The second-order valence-electron chi connectivity index (χ2n) is 5.91. The number of alkyl halides is 3. The summed E-state index contributed by atoms with van der Waals surface area (Å²) < 4.78 is 39.6. The molecular weight excluding hydrogens is 285 g/mol. The first-order chi connectivity index (χ1) is 9.79. The van der Waals surface area contributed by atoms with E-state index in [0.717, 1.165) is 17.3 Å². The number of hydrogen-bond donors (Lipinski definition) is 2. The fourth-order valence-corrected chi connectivity index (χ4v) is 3.35. The SMILES string of the molecule is Cn1ncc(C(F)(F)F)c1CNC(=O)[C@@H]1C[C@H](N)[C@H]2C[C@H]21. The zero-order valence-electron chi connectivity index (χ0n) is 11.5. The van der Waals surface area contributed by atoms with Crippen molar-refractivity contribution in [2.75, 3.05) is 0 Å². The maximum Gasteiger partial charge on any atom is 0.419 e. The minimum absolute atomic E-state index is 0.0366. The van der Waals surface area contributed by atoms with Gasteiger partial charge in [-0.25, -0.2) is 0 Å². The molecule has 2 saturated carbocycles. The number of aromatic nitrogens is 2. The molecule has 0 unspecified atom stereocenters. The van der Waals surface area contributed by atoms with E-state index in [0.29, 0.717) is 18.3 Å². The van der Waals surface area contributed by atoms with Gasteiger partial charge < -0.3 is 11.1 Å². The highest BCUT2D eigenvalue weighted by Gasteiger charge is 2.55. The smallest absolute Gasteiger partial charge is 0.350 e. The Balaban J connectivity index is 1.66. The third-order valence-electron chi connectivity index (χ3n) is 4.62. The molecule has 2 aliphatic rings. The summed E-state index contributed by atoms with van der Waals surface area (Å²) in [6, 6.07) is 0.0492. The molecular formula is C13H17F3N4O. The molecule has 116 valence electrons. The zero-order chi connectivity index (χ0) is 15.4. The van der Waals surface area contributed by atoms with Crippen LogP contribution in [0, 0.1) is 17.8 Å². The normalized spacial score (nSPS) is 31.1. The van der Waals surface area contributed by atoms with Crippen LogP contribution in [0.3, 0.4) is 0 Å². The number of fused-ring (bicyclic) bond motifs is 1. The number of carbonyl (C=O) groups is 1. The molecule has 21 heavy (non-hydrogen) atoms. The predicted molar refractivity (Wildman–Crippen MR) is 67.7 cm³/mol. The number of amides is 1. The van der Waals surface area contributed by atoms with Crippen molar-refractivity contribution in [2.24, 2.45) is 30.5 Å². The van der Waals surface area contributed by atoms with Gasteiger partial charge in [-0.05, 0) is 24.7 Å². The van der Waals surface area contributed by atoms with Crippen molar-refractivity contribution in [1.29, 1.82) is 0 Å². The van der Waals surface area contributed by atoms with Crippen molar-refractivity contribution in [3.05, 3.63) is 17.5 Å². The van der Waals surface area contributed by atoms with Gasteiger partial charge in [0.25, 0.3) is 0 Å². The quantitative estimate of drug-likeness (QED) is 0.876. The molecule has 1 aromatic rings. The molecule has 2 aliphatic carbocycles. The molecule has 3 N–H and O–H groups in total. The Morgan fingerprint density at radius 3 is 2.71 bits per heavy atom. The monoisotopic (exact) mass is 302 g/mol. The Bertz CT molecular complexity index is 568. The number of hydrogen-bond acceptors (Lipinski definition) is 3. The highest BCUT2D eigenvalue weighted by molar-refractivity contribution is 5.80. The van der Waals surface area contributed by atoms with Crippen LogP contribution in [0.2, 0.25) is 0 Å². The molecule has 1 aromatic heterocycles. The minimum atomic E-state index is -4.47. The molecule has 1 heterocycles. The second-order valence-corrected chi connectivity index (χ2v) is 5.91. The van der Waals surface area contributed by atoms with Crippen molar-refractivity contribution >= 4 is 5.91 Å². The molecule has 0 aliphatic heterocycles. The molecule has 2 fully saturated rings. The van der Waals surface area contributed by atoms with E-state index in [4.69, 9.17) is 5.73 Å². The van der Waals surface area contributed by atoms with Gasteiger partial charge >= 0.3 is 6.18 Å². The fourth-order valence-electron chi connectivity index (χ4n) is 3.35. The number of nitrogens with one attached hydrogen (secondary N) is 1. The number of nitrogens with two attached hydrogens (primary N) is 1. The van der Waals surface area contributed by atoms with Gasteiger partial charge in [0.2, 0.25) is 5.91 Å². The first kappa shape index (κ1) is 14.4. The minimum Gasteiger partial charge on any atom is -0.350 e. The highest BCUT2D eigenvalue weighted by Crippen LogP contribution is 2.54. The fraction of sp³-hybridized carbons (Fsp3) is 0.692. The maximum absolute atomic E-state index is 12.8. The van der Waals surface area contributed by atoms with Crippen LogP contribution in [0.1, 0.15) is 24.1 Å². The Labute approximate surface area is 119 Å². The van der Waals surface area contributed by atoms with Crippen LogP contribution < -0.4 is 11.1 Å². The lowest BCUT2D eigenvalue weighted by molar-refractivity contribution is -0.138. The summed E-state index contributed by atoms with van der Waals surface area (Å²) in [5.74, 6) is 0.370. The van der Waals surface area contributed by atoms with Crippen LogP contribution in [0.15, 0.2) is 6.20 Å². The first-order valence-corrected chi connectivity index (χ1v) is 6.90. The van der Waals surface area contributed by atoms with E-state index in [1.807, 2.05) is 0 Å². The van der Waals surface area contributed by atoms with Crippen LogP contribution in [-0.2, 0) is 24.6 Å². The molecule has 4 atom stereocenters. The lowest BCUT2D eigenvalue weighted by Gasteiger charge is -2.15. The van der Waals surface area contributed by atoms with E-state index in [9.17, 15) is 18.0 Å². The summed E-state index contributed by atoms with van der Waals surface area (Å²) in [6.07, 6.45) is -2.10. The molecule has 0 aromatic carbocycles. The molecule has 0 saturated heterocycles.